The number of nitrogens with two attached hydrogens (primary N) is 1. The number of nitrogens with zero attached hydrogens (tertiary/aromatic N) is 2. The molecule has 2 rings (SSSR count). The van der Waals surface area contributed by atoms with Gasteiger partial charge in [-0.1, -0.05) is 30.4 Å². The number of ether oxygens (including phenoxy) is 1. The first-order chi connectivity index (χ1) is 8.50. The second-order valence-electron chi connectivity index (χ2n) is 4.12. The van der Waals surface area contributed by atoms with Gasteiger partial charge in [-0.15, -0.1) is 0 Å². The molecule has 0 fully saturated rings. The van der Waals surface area contributed by atoms with E-state index in [1.807, 2.05) is 45.2 Å². The fourth-order valence-electron chi connectivity index (χ4n) is 1.81. The number of para-hydroxylation sites is 1. The van der Waals surface area contributed by atoms with Crippen molar-refractivity contribution in [3.05, 3.63) is 41.1 Å². The van der Waals surface area contributed by atoms with Gasteiger partial charge in [-0.05, 0) is 25.5 Å². The van der Waals surface area contributed by atoms with Crippen molar-refractivity contribution >= 4 is 17.2 Å². The summed E-state index contributed by atoms with van der Waals surface area (Å²) in [4.78, 5) is 0.296. The monoisotopic (exact) mass is 261 g/mol. The molecular formula is C13H15N3OS. The van der Waals surface area contributed by atoms with Crippen LogP contribution in [-0.2, 0) is 7.05 Å². The number of hydrogen-bond acceptors (Lipinski definition) is 3. The van der Waals surface area contributed by atoms with E-state index in [-0.39, 0.29) is 0 Å². The van der Waals surface area contributed by atoms with Crippen LogP contribution in [0, 0.1) is 13.8 Å². The first-order valence-electron chi connectivity index (χ1n) is 5.57. The van der Waals surface area contributed by atoms with Gasteiger partial charge < -0.3 is 10.5 Å². The maximum absolute atomic E-state index is 5.89. The van der Waals surface area contributed by atoms with E-state index in [9.17, 15) is 0 Å². The summed E-state index contributed by atoms with van der Waals surface area (Å²) in [7, 11) is 1.81. The molecule has 2 N–H and O–H groups in total. The van der Waals surface area contributed by atoms with Crippen LogP contribution in [0.3, 0.4) is 0 Å². The van der Waals surface area contributed by atoms with Crippen molar-refractivity contribution in [2.24, 2.45) is 12.8 Å². The molecule has 0 radical (unpaired) electrons. The predicted octanol–water partition coefficient (Wildman–Crippen LogP) is 2.46. The normalized spacial score (nSPS) is 10.4. The molecule has 1 aromatic carbocycles. The molecule has 0 unspecified atom stereocenters. The molecule has 0 aliphatic rings. The van der Waals surface area contributed by atoms with Gasteiger partial charge in [-0.25, -0.2) is 4.68 Å². The Morgan fingerprint density at radius 3 is 2.61 bits per heavy atom. The fraction of sp³-hybridized carbons (Fsp3) is 0.231. The van der Waals surface area contributed by atoms with Crippen LogP contribution >= 0.6 is 12.2 Å². The second-order valence-corrected chi connectivity index (χ2v) is 4.56. The first-order valence-corrected chi connectivity index (χ1v) is 5.98. The second kappa shape index (κ2) is 4.78. The minimum absolute atomic E-state index is 0.296. The summed E-state index contributed by atoms with van der Waals surface area (Å²) in [6.45, 7) is 3.85. The molecule has 0 amide bonds. The molecular weight excluding hydrogens is 246 g/mol. The zero-order valence-corrected chi connectivity index (χ0v) is 11.4. The maximum atomic E-state index is 5.89. The van der Waals surface area contributed by atoms with Crippen LogP contribution in [0.1, 0.15) is 16.8 Å². The predicted molar refractivity (Wildman–Crippen MR) is 75.1 cm³/mol. The topological polar surface area (TPSA) is 53.1 Å². The van der Waals surface area contributed by atoms with Gasteiger partial charge in [0.05, 0.1) is 11.3 Å². The minimum Gasteiger partial charge on any atom is -0.438 e. The Labute approximate surface area is 111 Å². The lowest BCUT2D eigenvalue weighted by Gasteiger charge is -2.10. The Morgan fingerprint density at radius 1 is 1.33 bits per heavy atom. The first kappa shape index (κ1) is 12.6. The summed E-state index contributed by atoms with van der Waals surface area (Å²) >= 11 is 5.04. The molecule has 2 aromatic rings. The third kappa shape index (κ3) is 2.22. The van der Waals surface area contributed by atoms with Gasteiger partial charge in [0, 0.05) is 7.05 Å². The highest BCUT2D eigenvalue weighted by atomic mass is 32.1. The lowest BCUT2D eigenvalue weighted by Crippen LogP contribution is -2.11. The van der Waals surface area contributed by atoms with Crippen LogP contribution in [0.2, 0.25) is 0 Å². The van der Waals surface area contributed by atoms with E-state index in [4.69, 9.17) is 22.7 Å². The minimum atomic E-state index is 0.296. The Morgan fingerprint density at radius 2 is 2.00 bits per heavy atom. The lowest BCUT2D eigenvalue weighted by atomic mass is 10.2. The van der Waals surface area contributed by atoms with E-state index >= 15 is 0 Å². The molecule has 4 nitrogen and oxygen atoms in total. The molecule has 0 spiro atoms. The van der Waals surface area contributed by atoms with E-state index in [1.165, 1.54) is 0 Å². The van der Waals surface area contributed by atoms with Gasteiger partial charge in [0.15, 0.2) is 0 Å². The Balaban J connectivity index is 2.47. The van der Waals surface area contributed by atoms with Crippen LogP contribution in [0.15, 0.2) is 24.3 Å². The van der Waals surface area contributed by atoms with Gasteiger partial charge >= 0.3 is 0 Å². The van der Waals surface area contributed by atoms with Crippen LogP contribution in [0.25, 0.3) is 0 Å². The molecule has 18 heavy (non-hydrogen) atoms. The lowest BCUT2D eigenvalue weighted by molar-refractivity contribution is 0.427. The number of aromatic nitrogens is 2. The Kier molecular flexibility index (Phi) is 3.34. The summed E-state index contributed by atoms with van der Waals surface area (Å²) in [5.41, 5.74) is 8.23. The molecule has 1 aromatic heterocycles. The van der Waals surface area contributed by atoms with E-state index in [1.54, 1.807) is 4.68 Å². The van der Waals surface area contributed by atoms with Crippen molar-refractivity contribution in [3.8, 4) is 11.6 Å². The van der Waals surface area contributed by atoms with Gasteiger partial charge in [0.25, 0.3) is 0 Å². The number of aryl methyl sites for hydroxylation is 3. The SMILES string of the molecule is Cc1ccccc1Oc1c(C(N)=S)c(C)nn1C. The number of hydrogen-bond donors (Lipinski definition) is 1. The molecule has 1 heterocycles. The molecule has 0 bridgehead atoms. The fourth-order valence-corrected chi connectivity index (χ4v) is 2.05. The molecule has 0 aliphatic carbocycles. The largest absolute Gasteiger partial charge is 0.438 e. The molecule has 94 valence electrons. The zero-order chi connectivity index (χ0) is 13.3. The zero-order valence-electron chi connectivity index (χ0n) is 10.6. The Hall–Kier alpha value is -1.88. The van der Waals surface area contributed by atoms with E-state index in [2.05, 4.69) is 5.10 Å². The van der Waals surface area contributed by atoms with Crippen molar-refractivity contribution in [1.82, 2.24) is 9.78 Å². The van der Waals surface area contributed by atoms with Crippen molar-refractivity contribution in [2.45, 2.75) is 13.8 Å². The average molecular weight is 261 g/mol. The number of rotatable bonds is 3. The highest BCUT2D eigenvalue weighted by Gasteiger charge is 2.18. The molecule has 0 saturated carbocycles. The summed E-state index contributed by atoms with van der Waals surface area (Å²) in [6.07, 6.45) is 0. The van der Waals surface area contributed by atoms with Gasteiger partial charge in [-0.2, -0.15) is 5.10 Å². The smallest absolute Gasteiger partial charge is 0.228 e. The standard InChI is InChI=1S/C13H15N3OS/c1-8-6-4-5-7-10(8)17-13-11(12(14)18)9(2)15-16(13)3/h4-7H,1-3H3,(H2,14,18). The van der Waals surface area contributed by atoms with Crippen LogP contribution in [-0.4, -0.2) is 14.8 Å². The summed E-state index contributed by atoms with van der Waals surface area (Å²) in [5.74, 6) is 1.35. The molecule has 0 atom stereocenters. The molecule has 0 aliphatic heterocycles. The van der Waals surface area contributed by atoms with Gasteiger partial charge in [0.2, 0.25) is 5.88 Å². The van der Waals surface area contributed by atoms with Crippen molar-refractivity contribution in [3.63, 3.8) is 0 Å². The van der Waals surface area contributed by atoms with Crippen LogP contribution < -0.4 is 10.5 Å². The third-order valence-corrected chi connectivity index (χ3v) is 2.92. The van der Waals surface area contributed by atoms with E-state index in [0.29, 0.717) is 16.4 Å². The van der Waals surface area contributed by atoms with E-state index < -0.39 is 0 Å². The summed E-state index contributed by atoms with van der Waals surface area (Å²) in [6, 6.07) is 7.77. The number of benzene rings is 1. The van der Waals surface area contributed by atoms with Crippen molar-refractivity contribution in [1.29, 1.82) is 0 Å². The maximum Gasteiger partial charge on any atom is 0.228 e. The van der Waals surface area contributed by atoms with E-state index in [0.717, 1.165) is 17.0 Å². The third-order valence-electron chi connectivity index (χ3n) is 2.72. The highest BCUT2D eigenvalue weighted by molar-refractivity contribution is 7.80. The van der Waals surface area contributed by atoms with Crippen LogP contribution in [0.4, 0.5) is 0 Å². The summed E-state index contributed by atoms with van der Waals surface area (Å²) in [5, 5.41) is 4.28. The van der Waals surface area contributed by atoms with Crippen molar-refractivity contribution < 1.29 is 4.74 Å². The molecule has 0 saturated heterocycles. The van der Waals surface area contributed by atoms with Crippen molar-refractivity contribution in [2.75, 3.05) is 0 Å². The van der Waals surface area contributed by atoms with Crippen LogP contribution in [0.5, 0.6) is 11.6 Å². The highest BCUT2D eigenvalue weighted by Crippen LogP contribution is 2.28. The Bertz CT molecular complexity index is 604. The number of thiocarbonyl (C=S) groups is 1. The summed E-state index contributed by atoms with van der Waals surface area (Å²) < 4.78 is 7.54. The van der Waals surface area contributed by atoms with Gasteiger partial charge in [0.1, 0.15) is 10.7 Å². The molecule has 5 heteroatoms. The quantitative estimate of drug-likeness (QED) is 0.862. The van der Waals surface area contributed by atoms with Gasteiger partial charge in [-0.3, -0.25) is 0 Å². The average Bonchev–Trinajstić information content (AvgIpc) is 2.57.